The van der Waals surface area contributed by atoms with Gasteiger partial charge >= 0.3 is 5.97 Å². The van der Waals surface area contributed by atoms with Crippen LogP contribution in [0.5, 0.6) is 11.5 Å². The van der Waals surface area contributed by atoms with Crippen LogP contribution in [0, 0.1) is 0 Å². The first-order valence-electron chi connectivity index (χ1n) is 18.2. The number of nitrogens with two attached hydrogens (primary N) is 1. The number of carbonyl (C=O) groups is 2. The molecule has 0 radical (unpaired) electrons. The predicted molar refractivity (Wildman–Crippen MR) is 204 cm³/mol. The first kappa shape index (κ1) is 46.2. The Morgan fingerprint density at radius 2 is 1.22 bits per heavy atom. The minimum atomic E-state index is -0.590. The first-order valence-corrected chi connectivity index (χ1v) is 18.2. The number of hydrogen-bond donors (Lipinski definition) is 3. The van der Waals surface area contributed by atoms with Crippen LogP contribution in [0.1, 0.15) is 130 Å². The number of carbonyl (C=O) groups excluding carboxylic acids is 2. The highest BCUT2D eigenvalue weighted by atomic mass is 35.5. The van der Waals surface area contributed by atoms with E-state index in [9.17, 15) is 14.7 Å². The number of benzene rings is 2. The van der Waals surface area contributed by atoms with E-state index in [1.54, 1.807) is 0 Å². The topological polar surface area (TPSA) is 120 Å². The lowest BCUT2D eigenvalue weighted by molar-refractivity contribution is -0.144. The second-order valence-corrected chi connectivity index (χ2v) is 13.7. The first-order chi connectivity index (χ1) is 22.9. The summed E-state index contributed by atoms with van der Waals surface area (Å²) in [5, 5.41) is 12.1. The molecule has 1 amide bonds. The van der Waals surface area contributed by atoms with Crippen LogP contribution in [0.4, 0.5) is 0 Å². The molecule has 0 heterocycles. The van der Waals surface area contributed by atoms with Gasteiger partial charge in [-0.3, -0.25) is 9.59 Å². The molecule has 8 nitrogen and oxygen atoms in total. The van der Waals surface area contributed by atoms with Crippen LogP contribution >= 0.6 is 12.4 Å². The Kier molecular flexibility index (Phi) is 25.4. The lowest BCUT2D eigenvalue weighted by atomic mass is 9.93. The molecule has 0 aliphatic heterocycles. The van der Waals surface area contributed by atoms with Crippen LogP contribution in [0.2, 0.25) is 0 Å². The maximum absolute atomic E-state index is 11.5. The lowest BCUT2D eigenvalue weighted by Crippen LogP contribution is -2.49. The molecule has 2 aromatic carbocycles. The zero-order valence-corrected chi connectivity index (χ0v) is 32.1. The van der Waals surface area contributed by atoms with Crippen molar-refractivity contribution in [2.75, 3.05) is 26.4 Å². The van der Waals surface area contributed by atoms with E-state index in [1.165, 1.54) is 70.8 Å². The number of amides is 1. The lowest BCUT2D eigenvalue weighted by Gasteiger charge is -2.30. The normalized spacial score (nSPS) is 13.1. The van der Waals surface area contributed by atoms with E-state index in [0.29, 0.717) is 6.42 Å². The molecule has 2 aromatic rings. The second-order valence-electron chi connectivity index (χ2n) is 13.7. The fourth-order valence-corrected chi connectivity index (χ4v) is 5.16. The largest absolute Gasteiger partial charge is 0.494 e. The van der Waals surface area contributed by atoms with Crippen LogP contribution in [0.25, 0.3) is 0 Å². The van der Waals surface area contributed by atoms with E-state index in [1.807, 2.05) is 50.2 Å². The van der Waals surface area contributed by atoms with Gasteiger partial charge in [0.25, 0.3) is 0 Å². The average molecular weight is 707 g/mol. The van der Waals surface area contributed by atoms with Crippen LogP contribution in [-0.2, 0) is 27.2 Å². The average Bonchev–Trinajstić information content (AvgIpc) is 3.06. The van der Waals surface area contributed by atoms with Crippen molar-refractivity contribution in [3.05, 3.63) is 59.7 Å². The zero-order valence-electron chi connectivity index (χ0n) is 31.3. The maximum atomic E-state index is 11.5. The van der Waals surface area contributed by atoms with Gasteiger partial charge in [0.1, 0.15) is 18.1 Å². The minimum Gasteiger partial charge on any atom is -0.494 e. The van der Waals surface area contributed by atoms with Gasteiger partial charge in [-0.2, -0.15) is 0 Å². The van der Waals surface area contributed by atoms with Crippen LogP contribution in [0.3, 0.4) is 0 Å². The third-order valence-corrected chi connectivity index (χ3v) is 8.21. The van der Waals surface area contributed by atoms with Gasteiger partial charge in [0.15, 0.2) is 0 Å². The Labute approximate surface area is 303 Å². The van der Waals surface area contributed by atoms with Gasteiger partial charge in [-0.15, -0.1) is 12.4 Å². The molecule has 0 aromatic heterocycles. The summed E-state index contributed by atoms with van der Waals surface area (Å²) in [5.74, 6) is 1.33. The Bertz CT molecular complexity index is 1160. The van der Waals surface area contributed by atoms with Crippen LogP contribution in [0.15, 0.2) is 48.5 Å². The summed E-state index contributed by atoms with van der Waals surface area (Å²) in [7, 11) is 0. The number of hydrogen-bond acceptors (Lipinski definition) is 7. The summed E-state index contributed by atoms with van der Waals surface area (Å²) in [6, 6.07) is 16.3. The monoisotopic (exact) mass is 706 g/mol. The maximum Gasteiger partial charge on any atom is 0.302 e. The third kappa shape index (κ3) is 24.1. The van der Waals surface area contributed by atoms with Crippen molar-refractivity contribution in [1.29, 1.82) is 0 Å². The number of esters is 1. The molecular weight excluding hydrogens is 640 g/mol. The molecule has 4 N–H and O–H groups in total. The van der Waals surface area contributed by atoms with E-state index in [2.05, 4.69) is 31.3 Å². The quantitative estimate of drug-likeness (QED) is 0.0739. The van der Waals surface area contributed by atoms with Crippen LogP contribution < -0.4 is 20.5 Å². The summed E-state index contributed by atoms with van der Waals surface area (Å²) in [4.78, 5) is 22.6. The molecule has 2 atom stereocenters. The molecule has 0 aliphatic carbocycles. The van der Waals surface area contributed by atoms with Crippen LogP contribution in [-0.4, -0.2) is 54.5 Å². The highest BCUT2D eigenvalue weighted by molar-refractivity contribution is 5.85. The Morgan fingerprint density at radius 3 is 1.65 bits per heavy atom. The highest BCUT2D eigenvalue weighted by Crippen LogP contribution is 2.20. The molecule has 2 unspecified atom stereocenters. The summed E-state index contributed by atoms with van der Waals surface area (Å²) in [5.41, 5.74) is 7.21. The number of unbranched alkanes of at least 4 members (excludes halogenated alkanes) is 8. The molecule has 0 aliphatic rings. The molecule has 0 saturated heterocycles. The Hall–Kier alpha value is -2.81. The summed E-state index contributed by atoms with van der Waals surface area (Å²) in [6.07, 6.45) is 15.4. The van der Waals surface area contributed by atoms with Crippen molar-refractivity contribution >= 4 is 24.3 Å². The number of ether oxygens (including phenoxy) is 3. The molecule has 2 rings (SSSR count). The van der Waals surface area contributed by atoms with Gasteiger partial charge < -0.3 is 30.4 Å². The SMILES string of the molecule is CCCCCCCOc1cccc(CCC(C)(COC(C)=O)NC(C)=O)c1.CCCCCCCOc1cccc(CCC(C)(N)CO)c1.Cl. The van der Waals surface area contributed by atoms with Crippen molar-refractivity contribution in [3.8, 4) is 11.5 Å². The number of aliphatic hydroxyl groups excluding tert-OH is 1. The van der Waals surface area contributed by atoms with Gasteiger partial charge in [-0.25, -0.2) is 0 Å². The Morgan fingerprint density at radius 1 is 0.755 bits per heavy atom. The van der Waals surface area contributed by atoms with Crippen molar-refractivity contribution < 1.29 is 28.9 Å². The summed E-state index contributed by atoms with van der Waals surface area (Å²) >= 11 is 0. The van der Waals surface area contributed by atoms with E-state index < -0.39 is 11.1 Å². The molecule has 0 saturated carbocycles. The number of halogens is 1. The molecule has 0 spiro atoms. The van der Waals surface area contributed by atoms with Gasteiger partial charge in [0.2, 0.25) is 5.91 Å². The number of aryl methyl sites for hydroxylation is 2. The highest BCUT2D eigenvalue weighted by Gasteiger charge is 2.26. The van der Waals surface area contributed by atoms with Crippen molar-refractivity contribution in [3.63, 3.8) is 0 Å². The summed E-state index contributed by atoms with van der Waals surface area (Å²) < 4.78 is 16.8. The van der Waals surface area contributed by atoms with E-state index in [4.69, 9.17) is 19.9 Å². The summed E-state index contributed by atoms with van der Waals surface area (Å²) in [6.45, 7) is 12.8. The van der Waals surface area contributed by atoms with Crippen molar-refractivity contribution in [2.24, 2.45) is 5.73 Å². The Balaban J connectivity index is 0.000000949. The minimum absolute atomic E-state index is 0. The standard InChI is InChI=1S/C22H35NO4.C18H31NO2.ClH/c1-5-6-7-8-9-15-26-21-12-10-11-20(16-21)13-14-22(4,23-18(2)24)17-27-19(3)25;1-3-4-5-6-7-13-21-17-10-8-9-16(14-17)11-12-18(2,19)15-20;/h10-12,16H,5-9,13-15,17H2,1-4H3,(H,23,24);8-10,14,20H,3-7,11-13,15,19H2,1-2H3;1H. The van der Waals surface area contributed by atoms with Crippen molar-refractivity contribution in [2.45, 2.75) is 143 Å². The van der Waals surface area contributed by atoms with Gasteiger partial charge in [-0.1, -0.05) is 89.5 Å². The van der Waals surface area contributed by atoms with Crippen molar-refractivity contribution in [1.82, 2.24) is 5.32 Å². The second kappa shape index (κ2) is 27.0. The van der Waals surface area contributed by atoms with Gasteiger partial charge in [0, 0.05) is 19.4 Å². The molecule has 0 fully saturated rings. The molecule has 9 heteroatoms. The fraction of sp³-hybridized carbons (Fsp3) is 0.650. The zero-order chi connectivity index (χ0) is 35.7. The molecule has 0 bridgehead atoms. The van der Waals surface area contributed by atoms with E-state index in [-0.39, 0.29) is 37.5 Å². The number of rotatable bonds is 24. The third-order valence-electron chi connectivity index (χ3n) is 8.21. The number of aliphatic hydroxyl groups is 1. The van der Waals surface area contributed by atoms with Gasteiger partial charge in [-0.05, 0) is 87.8 Å². The molecule has 49 heavy (non-hydrogen) atoms. The van der Waals surface area contributed by atoms with E-state index >= 15 is 0 Å². The predicted octanol–water partition coefficient (Wildman–Crippen LogP) is 8.53. The molecular formula is C40H67ClN2O6. The smallest absolute Gasteiger partial charge is 0.302 e. The van der Waals surface area contributed by atoms with Gasteiger partial charge in [0.05, 0.1) is 25.4 Å². The number of nitrogens with one attached hydrogen (secondary N) is 1. The molecule has 280 valence electrons. The van der Waals surface area contributed by atoms with E-state index in [0.717, 1.165) is 62.4 Å². The fourth-order valence-electron chi connectivity index (χ4n) is 5.16.